The van der Waals surface area contributed by atoms with Gasteiger partial charge in [0, 0.05) is 18.1 Å². The highest BCUT2D eigenvalue weighted by Gasteiger charge is 2.31. The van der Waals surface area contributed by atoms with Crippen LogP contribution in [0.4, 0.5) is 5.82 Å². The van der Waals surface area contributed by atoms with Crippen LogP contribution in [0.3, 0.4) is 0 Å². The number of aromatic nitrogens is 2. The molecule has 0 radical (unpaired) electrons. The summed E-state index contributed by atoms with van der Waals surface area (Å²) in [4.78, 5) is 32.6. The third-order valence-electron chi connectivity index (χ3n) is 4.99. The molecule has 1 atom stereocenters. The Balaban J connectivity index is 1.67. The van der Waals surface area contributed by atoms with Crippen LogP contribution in [0.25, 0.3) is 0 Å². The molecule has 3 N–H and O–H groups in total. The fourth-order valence-corrected chi connectivity index (χ4v) is 4.37. The molecule has 1 aromatic heterocycles. The summed E-state index contributed by atoms with van der Waals surface area (Å²) < 4.78 is 5.17. The Morgan fingerprint density at radius 1 is 1.23 bits per heavy atom. The molecule has 4 rings (SSSR count). The lowest BCUT2D eigenvalue weighted by atomic mass is 9.86. The maximum Gasteiger partial charge on any atom is 0.257 e. The van der Waals surface area contributed by atoms with Crippen LogP contribution in [-0.2, 0) is 10.5 Å². The molecule has 2 heterocycles. The highest BCUT2D eigenvalue weighted by atomic mass is 32.2. The lowest BCUT2D eigenvalue weighted by Gasteiger charge is -2.25. The molecule has 2 aromatic carbocycles. The number of phenols is 1. The fourth-order valence-electron chi connectivity index (χ4n) is 3.57. The van der Waals surface area contributed by atoms with Gasteiger partial charge in [0.2, 0.25) is 5.91 Å². The van der Waals surface area contributed by atoms with Gasteiger partial charge >= 0.3 is 0 Å². The number of anilines is 1. The minimum Gasteiger partial charge on any atom is -0.504 e. The highest BCUT2D eigenvalue weighted by Crippen LogP contribution is 2.38. The number of thioether (sulfide) groups is 1. The van der Waals surface area contributed by atoms with Crippen LogP contribution >= 0.6 is 11.8 Å². The summed E-state index contributed by atoms with van der Waals surface area (Å²) >= 11 is 1.40. The number of nitrogens with one attached hydrogen (secondary N) is 2. The monoisotopic (exact) mass is 423 g/mol. The van der Waals surface area contributed by atoms with Crippen LogP contribution in [0.5, 0.6) is 11.5 Å². The average Bonchev–Trinajstić information content (AvgIpc) is 2.72. The summed E-state index contributed by atoms with van der Waals surface area (Å²) in [5.41, 5.74) is 3.11. The molecular weight excluding hydrogens is 402 g/mol. The molecular formula is C22H21N3O4S. The number of rotatable bonds is 5. The second kappa shape index (κ2) is 8.23. The van der Waals surface area contributed by atoms with Gasteiger partial charge in [0.1, 0.15) is 5.82 Å². The number of H-pyrrole nitrogens is 1. The van der Waals surface area contributed by atoms with E-state index in [0.717, 1.165) is 5.56 Å². The lowest BCUT2D eigenvalue weighted by molar-refractivity contribution is -0.116. The maximum absolute atomic E-state index is 12.9. The molecule has 1 aliphatic heterocycles. The number of hydrogen-bond acceptors (Lipinski definition) is 6. The van der Waals surface area contributed by atoms with Crippen molar-refractivity contribution in [3.05, 3.63) is 75.1 Å². The van der Waals surface area contributed by atoms with Gasteiger partial charge in [-0.05, 0) is 30.2 Å². The van der Waals surface area contributed by atoms with Crippen LogP contribution in [0, 0.1) is 6.92 Å². The van der Waals surface area contributed by atoms with E-state index in [1.165, 1.54) is 30.5 Å². The first-order valence-corrected chi connectivity index (χ1v) is 10.4. The van der Waals surface area contributed by atoms with E-state index in [1.54, 1.807) is 12.1 Å². The number of ether oxygens (including phenoxy) is 1. The number of benzene rings is 2. The Morgan fingerprint density at radius 2 is 2.07 bits per heavy atom. The number of amides is 1. The Bertz CT molecular complexity index is 1180. The number of aromatic hydroxyl groups is 1. The Morgan fingerprint density at radius 3 is 2.83 bits per heavy atom. The maximum atomic E-state index is 12.9. The summed E-state index contributed by atoms with van der Waals surface area (Å²) in [6.07, 6.45) is 0.113. The molecule has 30 heavy (non-hydrogen) atoms. The van der Waals surface area contributed by atoms with E-state index >= 15 is 0 Å². The zero-order valence-corrected chi connectivity index (χ0v) is 17.4. The lowest BCUT2D eigenvalue weighted by Crippen LogP contribution is -2.31. The number of methoxy groups -OCH3 is 1. The van der Waals surface area contributed by atoms with Crippen molar-refractivity contribution in [1.82, 2.24) is 9.97 Å². The SMILES string of the molecule is COc1cc(C2CC(=O)Nc3nc(SCc4cccc(C)c4)[nH]c(=O)c32)ccc1O. The van der Waals surface area contributed by atoms with E-state index in [4.69, 9.17) is 4.74 Å². The number of aryl methyl sites for hydroxylation is 1. The van der Waals surface area contributed by atoms with E-state index < -0.39 is 5.92 Å². The normalized spacial score (nSPS) is 15.4. The first-order chi connectivity index (χ1) is 14.4. The summed E-state index contributed by atoms with van der Waals surface area (Å²) in [6.45, 7) is 2.03. The van der Waals surface area contributed by atoms with Gasteiger partial charge in [0.25, 0.3) is 5.56 Å². The van der Waals surface area contributed by atoms with Gasteiger partial charge in [-0.2, -0.15) is 0 Å². The highest BCUT2D eigenvalue weighted by molar-refractivity contribution is 7.98. The minimum atomic E-state index is -0.477. The molecule has 0 bridgehead atoms. The zero-order valence-electron chi connectivity index (χ0n) is 16.6. The number of hydrogen-bond donors (Lipinski definition) is 3. The van der Waals surface area contributed by atoms with Crippen molar-refractivity contribution in [2.24, 2.45) is 0 Å². The number of carbonyl (C=O) groups excluding carboxylic acids is 1. The van der Waals surface area contributed by atoms with Crippen molar-refractivity contribution in [2.75, 3.05) is 12.4 Å². The van der Waals surface area contributed by atoms with Crippen molar-refractivity contribution in [3.8, 4) is 11.5 Å². The van der Waals surface area contributed by atoms with E-state index in [1.807, 2.05) is 25.1 Å². The van der Waals surface area contributed by atoms with E-state index in [2.05, 4.69) is 21.4 Å². The standard InChI is InChI=1S/C22H21N3O4S/c1-12-4-3-5-13(8-12)11-30-22-24-20-19(21(28)25-22)15(10-18(27)23-20)14-6-7-16(26)17(9-14)29-2/h3-9,15,26H,10-11H2,1-2H3,(H2,23,24,25,27,28). The molecule has 1 unspecified atom stereocenters. The zero-order chi connectivity index (χ0) is 21.3. The largest absolute Gasteiger partial charge is 0.504 e. The molecule has 154 valence electrons. The van der Waals surface area contributed by atoms with Crippen molar-refractivity contribution in [3.63, 3.8) is 0 Å². The number of carbonyl (C=O) groups is 1. The van der Waals surface area contributed by atoms with Crippen molar-refractivity contribution in [1.29, 1.82) is 0 Å². The quantitative estimate of drug-likeness (QED) is 0.428. The smallest absolute Gasteiger partial charge is 0.257 e. The number of nitrogens with zero attached hydrogens (tertiary/aromatic N) is 1. The predicted octanol–water partition coefficient (Wildman–Crippen LogP) is 3.56. The van der Waals surface area contributed by atoms with Gasteiger partial charge in [-0.15, -0.1) is 0 Å². The van der Waals surface area contributed by atoms with Crippen LogP contribution in [0.1, 0.15) is 34.6 Å². The van der Waals surface area contributed by atoms with Gasteiger partial charge in [-0.25, -0.2) is 4.98 Å². The van der Waals surface area contributed by atoms with Gasteiger partial charge in [0.05, 0.1) is 12.7 Å². The van der Waals surface area contributed by atoms with E-state index in [-0.39, 0.29) is 35.2 Å². The first kappa shape index (κ1) is 20.0. The predicted molar refractivity (Wildman–Crippen MR) is 115 cm³/mol. The summed E-state index contributed by atoms with van der Waals surface area (Å²) in [7, 11) is 1.45. The van der Waals surface area contributed by atoms with Crippen LogP contribution in [0.2, 0.25) is 0 Å². The summed E-state index contributed by atoms with van der Waals surface area (Å²) in [5, 5.41) is 13.0. The molecule has 0 fully saturated rings. The van der Waals surface area contributed by atoms with Crippen molar-refractivity contribution < 1.29 is 14.6 Å². The van der Waals surface area contributed by atoms with Gasteiger partial charge in [-0.3, -0.25) is 9.59 Å². The third kappa shape index (κ3) is 4.04. The number of phenolic OH excluding ortho intramolecular Hbond substituents is 1. The van der Waals surface area contributed by atoms with Crippen molar-refractivity contribution in [2.45, 2.75) is 30.2 Å². The molecule has 0 saturated heterocycles. The second-order valence-electron chi connectivity index (χ2n) is 7.15. The fraction of sp³-hybridized carbons (Fsp3) is 0.227. The van der Waals surface area contributed by atoms with Crippen LogP contribution in [-0.4, -0.2) is 28.1 Å². The molecule has 3 aromatic rings. The molecule has 0 aliphatic carbocycles. The molecule has 7 nitrogen and oxygen atoms in total. The Labute approximate surface area is 177 Å². The topological polar surface area (TPSA) is 104 Å². The molecule has 1 amide bonds. The average molecular weight is 423 g/mol. The van der Waals surface area contributed by atoms with Crippen molar-refractivity contribution >= 4 is 23.5 Å². The Hall–Kier alpha value is -3.26. The molecule has 0 saturated carbocycles. The van der Waals surface area contributed by atoms with Gasteiger partial charge in [-0.1, -0.05) is 47.7 Å². The van der Waals surface area contributed by atoms with Gasteiger partial charge < -0.3 is 20.1 Å². The molecule has 0 spiro atoms. The van der Waals surface area contributed by atoms with Gasteiger partial charge in [0.15, 0.2) is 16.7 Å². The summed E-state index contributed by atoms with van der Waals surface area (Å²) in [6, 6.07) is 12.9. The van der Waals surface area contributed by atoms with Crippen LogP contribution < -0.4 is 15.6 Å². The number of fused-ring (bicyclic) bond motifs is 1. The van der Waals surface area contributed by atoms with E-state index in [9.17, 15) is 14.7 Å². The second-order valence-corrected chi connectivity index (χ2v) is 8.11. The first-order valence-electron chi connectivity index (χ1n) is 9.44. The number of aromatic amines is 1. The Kier molecular flexibility index (Phi) is 5.50. The molecule has 8 heteroatoms. The van der Waals surface area contributed by atoms with Crippen LogP contribution in [0.15, 0.2) is 52.4 Å². The summed E-state index contributed by atoms with van der Waals surface area (Å²) in [5.74, 6) is 0.517. The third-order valence-corrected chi connectivity index (χ3v) is 5.94. The minimum absolute atomic E-state index is 0.00309. The molecule has 1 aliphatic rings. The van der Waals surface area contributed by atoms with E-state index in [0.29, 0.717) is 22.0 Å².